The number of ether oxygens (including phenoxy) is 1. The fourth-order valence-corrected chi connectivity index (χ4v) is 4.14. The maximum atomic E-state index is 13.3. The molecule has 2 aliphatic rings. The molecule has 3 heterocycles. The number of hydrogen-bond donors (Lipinski definition) is 0. The van der Waals surface area contributed by atoms with Gasteiger partial charge in [-0.3, -0.25) is 9.59 Å². The maximum Gasteiger partial charge on any atom is 0.257 e. The molecule has 0 bridgehead atoms. The summed E-state index contributed by atoms with van der Waals surface area (Å²) in [5, 5.41) is 4.41. The Labute approximate surface area is 175 Å². The molecular formula is C22H27FN4O3. The zero-order valence-electron chi connectivity index (χ0n) is 17.4. The van der Waals surface area contributed by atoms with Gasteiger partial charge in [-0.15, -0.1) is 0 Å². The van der Waals surface area contributed by atoms with E-state index in [-0.39, 0.29) is 29.7 Å². The second-order valence-electron chi connectivity index (χ2n) is 8.11. The Morgan fingerprint density at radius 3 is 2.37 bits per heavy atom. The van der Waals surface area contributed by atoms with Crippen LogP contribution < -0.4 is 0 Å². The molecule has 1 atom stereocenters. The smallest absolute Gasteiger partial charge is 0.257 e. The minimum absolute atomic E-state index is 0.0339. The Morgan fingerprint density at radius 1 is 1.10 bits per heavy atom. The topological polar surface area (TPSA) is 67.7 Å². The van der Waals surface area contributed by atoms with Gasteiger partial charge in [0.05, 0.1) is 23.1 Å². The first-order chi connectivity index (χ1) is 14.5. The van der Waals surface area contributed by atoms with Gasteiger partial charge in [-0.2, -0.15) is 5.10 Å². The third kappa shape index (κ3) is 3.96. The number of halogens is 1. The Morgan fingerprint density at radius 2 is 1.77 bits per heavy atom. The first-order valence-electron chi connectivity index (χ1n) is 10.5. The van der Waals surface area contributed by atoms with E-state index in [1.807, 2.05) is 13.8 Å². The van der Waals surface area contributed by atoms with Crippen molar-refractivity contribution in [1.82, 2.24) is 19.6 Å². The monoisotopic (exact) mass is 414 g/mol. The summed E-state index contributed by atoms with van der Waals surface area (Å²) in [6, 6.07) is 6.07. The summed E-state index contributed by atoms with van der Waals surface area (Å²) in [6.45, 7) is 6.64. The van der Waals surface area contributed by atoms with E-state index < -0.39 is 0 Å². The van der Waals surface area contributed by atoms with Crippen molar-refractivity contribution < 1.29 is 18.7 Å². The summed E-state index contributed by atoms with van der Waals surface area (Å²) >= 11 is 0. The lowest BCUT2D eigenvalue weighted by Gasteiger charge is -2.35. The van der Waals surface area contributed by atoms with Gasteiger partial charge < -0.3 is 14.5 Å². The van der Waals surface area contributed by atoms with Gasteiger partial charge in [-0.1, -0.05) is 13.8 Å². The molecule has 2 amide bonds. The van der Waals surface area contributed by atoms with E-state index in [1.54, 1.807) is 32.8 Å². The minimum atomic E-state index is -0.325. The molecule has 2 fully saturated rings. The first-order valence-corrected chi connectivity index (χ1v) is 10.5. The average Bonchev–Trinajstić information content (AvgIpc) is 3.44. The summed E-state index contributed by atoms with van der Waals surface area (Å²) in [5.74, 6) is -0.314. The van der Waals surface area contributed by atoms with Crippen LogP contribution in [0.3, 0.4) is 0 Å². The lowest BCUT2D eigenvalue weighted by atomic mass is 10.0. The van der Waals surface area contributed by atoms with Gasteiger partial charge in [0, 0.05) is 32.8 Å². The summed E-state index contributed by atoms with van der Waals surface area (Å²) in [5.41, 5.74) is 2.06. The summed E-state index contributed by atoms with van der Waals surface area (Å²) in [4.78, 5) is 29.3. The van der Waals surface area contributed by atoms with Crippen LogP contribution in [0.2, 0.25) is 0 Å². The van der Waals surface area contributed by atoms with E-state index in [4.69, 9.17) is 4.74 Å². The molecule has 1 aromatic carbocycles. The second kappa shape index (κ2) is 8.55. The molecule has 1 unspecified atom stereocenters. The number of hydrogen-bond acceptors (Lipinski definition) is 4. The van der Waals surface area contributed by atoms with E-state index in [0.29, 0.717) is 44.0 Å². The molecule has 2 saturated heterocycles. The number of nitrogens with zero attached hydrogens (tertiary/aromatic N) is 4. The van der Waals surface area contributed by atoms with Crippen molar-refractivity contribution >= 4 is 11.8 Å². The van der Waals surface area contributed by atoms with E-state index >= 15 is 0 Å². The molecule has 0 saturated carbocycles. The second-order valence-corrected chi connectivity index (χ2v) is 8.11. The van der Waals surface area contributed by atoms with Crippen LogP contribution >= 0.6 is 0 Å². The van der Waals surface area contributed by atoms with Crippen molar-refractivity contribution in [3.8, 4) is 5.69 Å². The highest BCUT2D eigenvalue weighted by Gasteiger charge is 2.32. The van der Waals surface area contributed by atoms with Gasteiger partial charge in [0.25, 0.3) is 11.8 Å². The fourth-order valence-electron chi connectivity index (χ4n) is 4.14. The SMILES string of the molecule is CC(C)c1c(C(=O)N2CCN(C(=O)C3CCCO3)CC2)cnn1-c1ccc(F)cc1. The largest absolute Gasteiger partial charge is 0.368 e. The molecule has 0 radical (unpaired) electrons. The Bertz CT molecular complexity index is 911. The van der Waals surface area contributed by atoms with Crippen LogP contribution in [0.5, 0.6) is 0 Å². The van der Waals surface area contributed by atoms with Gasteiger partial charge in [0.1, 0.15) is 11.9 Å². The highest BCUT2D eigenvalue weighted by molar-refractivity contribution is 5.95. The molecule has 0 spiro atoms. The number of benzene rings is 1. The molecule has 2 aromatic rings. The van der Waals surface area contributed by atoms with Crippen LogP contribution in [0, 0.1) is 5.82 Å². The highest BCUT2D eigenvalue weighted by Crippen LogP contribution is 2.25. The normalized spacial score (nSPS) is 19.5. The van der Waals surface area contributed by atoms with Crippen LogP contribution in [0.15, 0.2) is 30.5 Å². The number of carbonyl (C=O) groups excluding carboxylic acids is 2. The summed E-state index contributed by atoms with van der Waals surface area (Å²) < 4.78 is 20.5. The van der Waals surface area contributed by atoms with Gasteiger partial charge in [0.15, 0.2) is 0 Å². The van der Waals surface area contributed by atoms with Crippen molar-refractivity contribution in [2.75, 3.05) is 32.8 Å². The Balaban J connectivity index is 1.48. The van der Waals surface area contributed by atoms with Gasteiger partial charge in [0.2, 0.25) is 0 Å². The zero-order valence-corrected chi connectivity index (χ0v) is 17.4. The standard InChI is InChI=1S/C22H27FN4O3/c1-15(2)20-18(14-24-27(20)17-7-5-16(23)6-8-17)21(28)25-9-11-26(12-10-25)22(29)19-4-3-13-30-19/h5-8,14-15,19H,3-4,9-13H2,1-2H3. The molecule has 30 heavy (non-hydrogen) atoms. The van der Waals surface area contributed by atoms with Gasteiger partial charge in [-0.25, -0.2) is 9.07 Å². The number of rotatable bonds is 4. The molecule has 1 aromatic heterocycles. The van der Waals surface area contributed by atoms with Crippen molar-refractivity contribution in [2.24, 2.45) is 0 Å². The van der Waals surface area contributed by atoms with E-state index in [2.05, 4.69) is 5.10 Å². The minimum Gasteiger partial charge on any atom is -0.368 e. The highest BCUT2D eigenvalue weighted by atomic mass is 19.1. The molecule has 7 nitrogen and oxygen atoms in total. The maximum absolute atomic E-state index is 13.3. The summed E-state index contributed by atoms with van der Waals surface area (Å²) in [7, 11) is 0. The van der Waals surface area contributed by atoms with Crippen molar-refractivity contribution in [3.63, 3.8) is 0 Å². The van der Waals surface area contributed by atoms with E-state index in [0.717, 1.165) is 18.5 Å². The molecule has 0 aliphatic carbocycles. The van der Waals surface area contributed by atoms with E-state index in [1.165, 1.54) is 12.1 Å². The molecule has 4 rings (SSSR count). The third-order valence-electron chi connectivity index (χ3n) is 5.74. The molecule has 2 aliphatic heterocycles. The molecule has 8 heteroatoms. The lowest BCUT2D eigenvalue weighted by Crippen LogP contribution is -2.52. The van der Waals surface area contributed by atoms with Crippen LogP contribution in [-0.2, 0) is 9.53 Å². The van der Waals surface area contributed by atoms with Crippen LogP contribution in [0.25, 0.3) is 5.69 Å². The summed E-state index contributed by atoms with van der Waals surface area (Å²) in [6.07, 6.45) is 2.96. The lowest BCUT2D eigenvalue weighted by molar-refractivity contribution is -0.142. The van der Waals surface area contributed by atoms with Crippen LogP contribution in [0.1, 0.15) is 48.7 Å². The quantitative estimate of drug-likeness (QED) is 0.771. The van der Waals surface area contributed by atoms with Crippen molar-refractivity contribution in [1.29, 1.82) is 0 Å². The van der Waals surface area contributed by atoms with Crippen molar-refractivity contribution in [2.45, 2.75) is 38.7 Å². The van der Waals surface area contributed by atoms with Crippen LogP contribution in [0.4, 0.5) is 4.39 Å². The predicted molar refractivity (Wildman–Crippen MR) is 109 cm³/mol. The first kappa shape index (κ1) is 20.5. The number of aromatic nitrogens is 2. The predicted octanol–water partition coefficient (Wildman–Crippen LogP) is 2.60. The number of amides is 2. The molecule has 160 valence electrons. The van der Waals surface area contributed by atoms with E-state index in [9.17, 15) is 14.0 Å². The Kier molecular flexibility index (Phi) is 5.85. The van der Waals surface area contributed by atoms with Gasteiger partial charge in [-0.05, 0) is 43.0 Å². The fraction of sp³-hybridized carbons (Fsp3) is 0.500. The third-order valence-corrected chi connectivity index (χ3v) is 5.74. The zero-order chi connectivity index (χ0) is 21.3. The van der Waals surface area contributed by atoms with Gasteiger partial charge >= 0.3 is 0 Å². The number of carbonyl (C=O) groups is 2. The van der Waals surface area contributed by atoms with Crippen molar-refractivity contribution in [3.05, 3.63) is 47.5 Å². The molecule has 0 N–H and O–H groups in total. The molecular weight excluding hydrogens is 387 g/mol. The average molecular weight is 414 g/mol. The van der Waals surface area contributed by atoms with Crippen LogP contribution in [-0.4, -0.2) is 70.3 Å². The number of piperazine rings is 1. The Hall–Kier alpha value is -2.74.